The SMILES string of the molecule is Cc1noc(C)c1-c1nc(-c2cc(OC([C@@H](CCOC(N)=O)O[Si](C)(C)C(C)(C)C)C(C)(C)C)ccc2Cl)nc(N[C@@H]2CCO[C@H](C)C2)c1C. The number of hydrogen-bond donors (Lipinski definition) is 2. The van der Waals surface area contributed by atoms with Crippen LogP contribution in [0.25, 0.3) is 22.6 Å². The number of hydrogen-bond acceptors (Lipinski definition) is 10. The topological polar surface area (TPSA) is 144 Å². The van der Waals surface area contributed by atoms with Gasteiger partial charge < -0.3 is 34.2 Å². The van der Waals surface area contributed by atoms with Crippen LogP contribution in [0.2, 0.25) is 23.2 Å². The van der Waals surface area contributed by atoms with Crippen LogP contribution < -0.4 is 15.8 Å². The van der Waals surface area contributed by atoms with E-state index in [1.165, 1.54) is 0 Å². The molecular weight excluding hydrogens is 674 g/mol. The molecule has 1 unspecified atom stereocenters. The second-order valence-electron chi connectivity index (χ2n) is 16.0. The fourth-order valence-corrected chi connectivity index (χ4v) is 7.53. The normalized spacial score (nSPS) is 18.4. The van der Waals surface area contributed by atoms with Crippen LogP contribution in [0.3, 0.4) is 0 Å². The average Bonchev–Trinajstić information content (AvgIpc) is 3.33. The van der Waals surface area contributed by atoms with Gasteiger partial charge in [-0.2, -0.15) is 0 Å². The monoisotopic (exact) mass is 729 g/mol. The number of halogens is 1. The van der Waals surface area contributed by atoms with Gasteiger partial charge >= 0.3 is 6.09 Å². The molecule has 1 fully saturated rings. The molecule has 1 aliphatic rings. The van der Waals surface area contributed by atoms with Gasteiger partial charge in [-0.1, -0.05) is 58.3 Å². The maximum Gasteiger partial charge on any atom is 0.404 e. The first kappa shape index (κ1) is 39.6. The smallest absolute Gasteiger partial charge is 0.404 e. The maximum atomic E-state index is 11.5. The van der Waals surface area contributed by atoms with E-state index in [1.54, 1.807) is 6.07 Å². The summed E-state index contributed by atoms with van der Waals surface area (Å²) in [6, 6.07) is 5.72. The minimum atomic E-state index is -2.27. The number of carbonyl (C=O) groups is 1. The van der Waals surface area contributed by atoms with Crippen LogP contribution in [0, 0.1) is 26.2 Å². The van der Waals surface area contributed by atoms with Gasteiger partial charge in [0.05, 0.1) is 40.8 Å². The lowest BCUT2D eigenvalue weighted by molar-refractivity contribution is -0.0302. The van der Waals surface area contributed by atoms with E-state index in [0.29, 0.717) is 40.9 Å². The molecule has 0 bridgehead atoms. The molecule has 1 aliphatic heterocycles. The molecule has 4 atom stereocenters. The Morgan fingerprint density at radius 3 is 2.42 bits per heavy atom. The molecule has 0 aliphatic carbocycles. The summed E-state index contributed by atoms with van der Waals surface area (Å²) in [6.07, 6.45) is 0.655. The highest BCUT2D eigenvalue weighted by Gasteiger charge is 2.44. The summed E-state index contributed by atoms with van der Waals surface area (Å²) < 4.78 is 30.4. The Balaban J connectivity index is 1.79. The van der Waals surface area contributed by atoms with E-state index in [9.17, 15) is 4.79 Å². The van der Waals surface area contributed by atoms with E-state index >= 15 is 0 Å². The first-order chi connectivity index (χ1) is 23.2. The molecule has 13 heteroatoms. The summed E-state index contributed by atoms with van der Waals surface area (Å²) in [5, 5.41) is 8.31. The van der Waals surface area contributed by atoms with E-state index in [-0.39, 0.29) is 29.2 Å². The van der Waals surface area contributed by atoms with Crippen LogP contribution >= 0.6 is 11.6 Å². The lowest BCUT2D eigenvalue weighted by atomic mass is 9.84. The Labute approximate surface area is 303 Å². The van der Waals surface area contributed by atoms with Crippen molar-refractivity contribution in [2.45, 2.75) is 131 Å². The number of amides is 1. The average molecular weight is 730 g/mol. The zero-order chi connectivity index (χ0) is 37.2. The summed E-state index contributed by atoms with van der Waals surface area (Å²) in [5.41, 5.74) is 8.75. The second-order valence-corrected chi connectivity index (χ2v) is 21.2. The Kier molecular flexibility index (Phi) is 12.3. The highest BCUT2D eigenvalue weighted by Crippen LogP contribution is 2.41. The van der Waals surface area contributed by atoms with Crippen molar-refractivity contribution in [1.29, 1.82) is 0 Å². The molecule has 3 aromatic rings. The van der Waals surface area contributed by atoms with Crippen LogP contribution in [0.4, 0.5) is 10.6 Å². The Bertz CT molecular complexity index is 1630. The van der Waals surface area contributed by atoms with Gasteiger partial charge in [-0.3, -0.25) is 0 Å². The minimum absolute atomic E-state index is 0.0538. The van der Waals surface area contributed by atoms with E-state index < -0.39 is 26.6 Å². The standard InChI is InChI=1S/C37H56ClN5O6Si/c1-21-19-25(15-17-45-21)40-33-22(2)31(30-23(3)43-48-24(30)4)41-34(42-33)27-20-26(13-14-28(27)38)47-32(36(5,6)7)29(16-18-46-35(39)44)49-50(11,12)37(8,9)10/h13-14,20-21,25,29,32H,15-19H2,1-12H3,(H2,39,44)(H,40,41,42)/t21-,25-,29-,32?/m1/s1. The highest BCUT2D eigenvalue weighted by atomic mass is 35.5. The van der Waals surface area contributed by atoms with Crippen LogP contribution in [0.1, 0.15) is 84.7 Å². The van der Waals surface area contributed by atoms with Gasteiger partial charge in [0.2, 0.25) is 0 Å². The summed E-state index contributed by atoms with van der Waals surface area (Å²) in [6.45, 7) is 26.0. The molecule has 3 heterocycles. The van der Waals surface area contributed by atoms with Gasteiger partial charge in [-0.15, -0.1) is 0 Å². The van der Waals surface area contributed by atoms with Crippen LogP contribution in [-0.2, 0) is 13.9 Å². The number of nitrogens with two attached hydrogens (primary N) is 1. The van der Waals surface area contributed by atoms with Crippen LogP contribution in [0.5, 0.6) is 5.75 Å². The lowest BCUT2D eigenvalue weighted by Crippen LogP contribution is -2.52. The number of rotatable bonds is 12. The number of aryl methyl sites for hydroxylation is 2. The molecule has 50 heavy (non-hydrogen) atoms. The number of anilines is 1. The fraction of sp³-hybridized carbons (Fsp3) is 0.622. The molecule has 1 saturated heterocycles. The van der Waals surface area contributed by atoms with E-state index in [4.69, 9.17) is 50.5 Å². The summed E-state index contributed by atoms with van der Waals surface area (Å²) in [7, 11) is -2.27. The van der Waals surface area contributed by atoms with Crippen molar-refractivity contribution in [3.8, 4) is 28.4 Å². The Morgan fingerprint density at radius 1 is 1.14 bits per heavy atom. The van der Waals surface area contributed by atoms with Gasteiger partial charge in [0.25, 0.3) is 0 Å². The zero-order valence-corrected chi connectivity index (χ0v) is 33.6. The highest BCUT2D eigenvalue weighted by molar-refractivity contribution is 6.74. The van der Waals surface area contributed by atoms with Gasteiger partial charge in [-0.05, 0) is 76.9 Å². The summed E-state index contributed by atoms with van der Waals surface area (Å²) >= 11 is 6.92. The number of nitrogens with one attached hydrogen (secondary N) is 1. The molecule has 0 saturated carbocycles. The number of carbonyl (C=O) groups excluding carboxylic acids is 1. The van der Waals surface area contributed by atoms with Crippen molar-refractivity contribution >= 4 is 31.8 Å². The van der Waals surface area contributed by atoms with Gasteiger partial charge in [0, 0.05) is 35.6 Å². The second kappa shape index (κ2) is 15.6. The first-order valence-electron chi connectivity index (χ1n) is 17.4. The number of ether oxygens (including phenoxy) is 3. The molecule has 3 N–H and O–H groups in total. The maximum absolute atomic E-state index is 11.5. The zero-order valence-electron chi connectivity index (χ0n) is 31.8. The molecule has 276 valence electrons. The van der Waals surface area contributed by atoms with Crippen molar-refractivity contribution < 1.29 is 28.0 Å². The predicted octanol–water partition coefficient (Wildman–Crippen LogP) is 9.03. The number of primary amides is 1. The van der Waals surface area contributed by atoms with Gasteiger partial charge in [0.1, 0.15) is 23.4 Å². The number of nitrogens with zero attached hydrogens (tertiary/aromatic N) is 3. The third kappa shape index (κ3) is 9.57. The van der Waals surface area contributed by atoms with E-state index in [0.717, 1.165) is 41.2 Å². The third-order valence-electron chi connectivity index (χ3n) is 9.77. The number of aromatic nitrogens is 3. The minimum Gasteiger partial charge on any atom is -0.487 e. The Morgan fingerprint density at radius 2 is 1.84 bits per heavy atom. The molecular formula is C37H56ClN5O6Si. The van der Waals surface area contributed by atoms with E-state index in [2.05, 4.69) is 72.0 Å². The van der Waals surface area contributed by atoms with Gasteiger partial charge in [0.15, 0.2) is 14.1 Å². The number of benzene rings is 1. The van der Waals surface area contributed by atoms with Crippen LogP contribution in [0.15, 0.2) is 22.7 Å². The summed E-state index contributed by atoms with van der Waals surface area (Å²) in [5.74, 6) is 2.42. The molecule has 0 spiro atoms. The van der Waals surface area contributed by atoms with Crippen molar-refractivity contribution in [3.05, 3.63) is 40.2 Å². The quantitative estimate of drug-likeness (QED) is 0.173. The van der Waals surface area contributed by atoms with E-state index in [1.807, 2.05) is 32.9 Å². The molecule has 2 aromatic heterocycles. The summed E-state index contributed by atoms with van der Waals surface area (Å²) in [4.78, 5) is 21.6. The van der Waals surface area contributed by atoms with Crippen molar-refractivity contribution in [2.24, 2.45) is 11.1 Å². The molecule has 1 aromatic carbocycles. The molecule has 1 amide bonds. The fourth-order valence-electron chi connectivity index (χ4n) is 5.97. The van der Waals surface area contributed by atoms with Crippen LogP contribution in [-0.4, -0.2) is 67.1 Å². The molecule has 0 radical (unpaired) electrons. The largest absolute Gasteiger partial charge is 0.487 e. The third-order valence-corrected chi connectivity index (χ3v) is 14.6. The first-order valence-corrected chi connectivity index (χ1v) is 20.7. The van der Waals surface area contributed by atoms with Crippen molar-refractivity contribution in [1.82, 2.24) is 15.1 Å². The Hall–Kier alpha value is -3.19. The predicted molar refractivity (Wildman–Crippen MR) is 200 cm³/mol. The van der Waals surface area contributed by atoms with Gasteiger partial charge in [-0.25, -0.2) is 14.8 Å². The molecule has 11 nitrogen and oxygen atoms in total. The van der Waals surface area contributed by atoms with Crippen molar-refractivity contribution in [2.75, 3.05) is 18.5 Å². The molecule has 4 rings (SSSR count). The lowest BCUT2D eigenvalue weighted by Gasteiger charge is -2.44. The van der Waals surface area contributed by atoms with Crippen molar-refractivity contribution in [3.63, 3.8) is 0 Å².